The van der Waals surface area contributed by atoms with Crippen LogP contribution in [0.25, 0.3) is 0 Å². The first kappa shape index (κ1) is 14.6. The third-order valence-electron chi connectivity index (χ3n) is 4.99. The van der Waals surface area contributed by atoms with Gasteiger partial charge < -0.3 is 9.80 Å². The molecule has 21 heavy (non-hydrogen) atoms. The number of likely N-dealkylation sites (tertiary alicyclic amines) is 2. The first-order valence-electron chi connectivity index (χ1n) is 8.23. The average Bonchev–Trinajstić information content (AvgIpc) is 3.17. The Balaban J connectivity index is 1.43. The highest BCUT2D eigenvalue weighted by molar-refractivity contribution is 5.76. The van der Waals surface area contributed by atoms with E-state index in [4.69, 9.17) is 0 Å². The Hall–Kier alpha value is -1.36. The van der Waals surface area contributed by atoms with Crippen LogP contribution in [0.3, 0.4) is 0 Å². The topological polar surface area (TPSA) is 41.4 Å². The van der Waals surface area contributed by atoms with E-state index in [0.29, 0.717) is 18.4 Å². The first-order valence-corrected chi connectivity index (χ1v) is 8.23. The number of nitrogens with zero attached hydrogens (tertiary/aromatic N) is 4. The van der Waals surface area contributed by atoms with Gasteiger partial charge in [-0.3, -0.25) is 9.48 Å². The number of hydrogen-bond acceptors (Lipinski definition) is 3. The maximum absolute atomic E-state index is 12.3. The predicted molar refractivity (Wildman–Crippen MR) is 81.9 cm³/mol. The van der Waals surface area contributed by atoms with Gasteiger partial charge >= 0.3 is 0 Å². The summed E-state index contributed by atoms with van der Waals surface area (Å²) in [6.07, 6.45) is 8.19. The van der Waals surface area contributed by atoms with Gasteiger partial charge in [-0.2, -0.15) is 5.10 Å². The lowest BCUT2D eigenvalue weighted by Gasteiger charge is -2.36. The van der Waals surface area contributed by atoms with Gasteiger partial charge in [0.15, 0.2) is 0 Å². The maximum Gasteiger partial charge on any atom is 0.222 e. The number of amides is 1. The summed E-state index contributed by atoms with van der Waals surface area (Å²) in [5.74, 6) is 0.302. The summed E-state index contributed by atoms with van der Waals surface area (Å²) in [4.78, 5) is 17.0. The zero-order chi connectivity index (χ0) is 14.7. The molecule has 0 aliphatic carbocycles. The molecule has 1 aromatic rings. The summed E-state index contributed by atoms with van der Waals surface area (Å²) in [6.45, 7) is 4.40. The zero-order valence-corrected chi connectivity index (χ0v) is 13.0. The molecule has 2 aliphatic rings. The Kier molecular flexibility index (Phi) is 4.58. The molecule has 0 unspecified atom stereocenters. The van der Waals surface area contributed by atoms with Crippen LogP contribution in [0.1, 0.15) is 37.8 Å². The van der Waals surface area contributed by atoms with Crippen LogP contribution >= 0.6 is 0 Å². The molecule has 0 bridgehead atoms. The van der Waals surface area contributed by atoms with Crippen molar-refractivity contribution < 1.29 is 4.79 Å². The number of carbonyl (C=O) groups is 1. The fourth-order valence-corrected chi connectivity index (χ4v) is 3.63. The summed E-state index contributed by atoms with van der Waals surface area (Å²) in [5.41, 5.74) is 1.13. The second-order valence-corrected chi connectivity index (χ2v) is 6.30. The maximum atomic E-state index is 12.3. The van der Waals surface area contributed by atoms with Crippen LogP contribution in [0.4, 0.5) is 0 Å². The molecule has 116 valence electrons. The van der Waals surface area contributed by atoms with Crippen molar-refractivity contribution in [1.82, 2.24) is 19.6 Å². The Morgan fingerprint density at radius 1 is 1.24 bits per heavy atom. The predicted octanol–water partition coefficient (Wildman–Crippen LogP) is 1.44. The van der Waals surface area contributed by atoms with E-state index >= 15 is 0 Å². The van der Waals surface area contributed by atoms with Gasteiger partial charge in [0, 0.05) is 44.5 Å². The van der Waals surface area contributed by atoms with Crippen molar-refractivity contribution in [1.29, 1.82) is 0 Å². The van der Waals surface area contributed by atoms with E-state index < -0.39 is 0 Å². The Labute approximate surface area is 126 Å². The second kappa shape index (κ2) is 6.60. The lowest BCUT2D eigenvalue weighted by atomic mass is 10.0. The van der Waals surface area contributed by atoms with Crippen molar-refractivity contribution in [2.24, 2.45) is 7.05 Å². The summed E-state index contributed by atoms with van der Waals surface area (Å²) in [6, 6.07) is 2.71. The lowest BCUT2D eigenvalue weighted by molar-refractivity contribution is -0.132. The second-order valence-electron chi connectivity index (χ2n) is 6.30. The fourth-order valence-electron chi connectivity index (χ4n) is 3.63. The fraction of sp³-hybridized carbons (Fsp3) is 0.750. The molecule has 2 fully saturated rings. The number of piperidine rings is 1. The third kappa shape index (κ3) is 3.46. The molecule has 0 atom stereocenters. The monoisotopic (exact) mass is 290 g/mol. The van der Waals surface area contributed by atoms with Crippen LogP contribution in [-0.2, 0) is 18.3 Å². The van der Waals surface area contributed by atoms with Gasteiger partial charge in [0.1, 0.15) is 0 Å². The quantitative estimate of drug-likeness (QED) is 0.842. The average molecular weight is 290 g/mol. The minimum Gasteiger partial charge on any atom is -0.343 e. The van der Waals surface area contributed by atoms with Crippen molar-refractivity contribution in [2.75, 3.05) is 26.2 Å². The molecule has 0 aromatic carbocycles. The van der Waals surface area contributed by atoms with Crippen LogP contribution in [0.5, 0.6) is 0 Å². The normalized spacial score (nSPS) is 21.1. The number of aromatic nitrogens is 2. The molecule has 3 heterocycles. The van der Waals surface area contributed by atoms with Crippen molar-refractivity contribution in [2.45, 2.75) is 44.6 Å². The van der Waals surface area contributed by atoms with Crippen molar-refractivity contribution >= 4 is 5.91 Å². The van der Waals surface area contributed by atoms with Crippen molar-refractivity contribution in [3.05, 3.63) is 18.0 Å². The van der Waals surface area contributed by atoms with E-state index in [1.807, 2.05) is 17.8 Å². The molecule has 0 radical (unpaired) electrons. The van der Waals surface area contributed by atoms with Crippen LogP contribution in [-0.4, -0.2) is 57.7 Å². The van der Waals surface area contributed by atoms with Crippen molar-refractivity contribution in [3.63, 3.8) is 0 Å². The SMILES string of the molecule is Cn1nccc1CCC(=O)N1CCC(N2CCCC2)CC1. The van der Waals surface area contributed by atoms with Crippen LogP contribution in [0.2, 0.25) is 0 Å². The van der Waals surface area contributed by atoms with Gasteiger partial charge in [0.05, 0.1) is 0 Å². The molecule has 1 aromatic heterocycles. The molecule has 5 heteroatoms. The molecule has 0 spiro atoms. The number of aryl methyl sites for hydroxylation is 2. The Morgan fingerprint density at radius 2 is 1.95 bits per heavy atom. The van der Waals surface area contributed by atoms with Crippen LogP contribution in [0.15, 0.2) is 12.3 Å². The van der Waals surface area contributed by atoms with Crippen molar-refractivity contribution in [3.8, 4) is 0 Å². The summed E-state index contributed by atoms with van der Waals surface area (Å²) >= 11 is 0. The van der Waals surface area contributed by atoms with E-state index in [-0.39, 0.29) is 0 Å². The Bertz CT molecular complexity index is 470. The number of hydrogen-bond donors (Lipinski definition) is 0. The molecular formula is C16H26N4O. The van der Waals surface area contributed by atoms with E-state index in [0.717, 1.165) is 38.0 Å². The molecular weight excluding hydrogens is 264 g/mol. The van der Waals surface area contributed by atoms with Gasteiger partial charge in [-0.05, 0) is 51.3 Å². The minimum absolute atomic E-state index is 0.302. The van der Waals surface area contributed by atoms with Crippen LogP contribution < -0.4 is 0 Å². The summed E-state index contributed by atoms with van der Waals surface area (Å²) in [7, 11) is 1.93. The third-order valence-corrected chi connectivity index (χ3v) is 4.99. The van der Waals surface area contributed by atoms with Gasteiger partial charge in [0.25, 0.3) is 0 Å². The van der Waals surface area contributed by atoms with E-state index in [1.165, 1.54) is 25.9 Å². The standard InChI is InChI=1S/C16H26N4O/c1-18-14(6-9-17-18)4-5-16(21)20-12-7-15(8-13-20)19-10-2-3-11-19/h6,9,15H,2-5,7-8,10-13H2,1H3. The molecule has 2 aliphatic heterocycles. The largest absolute Gasteiger partial charge is 0.343 e. The first-order chi connectivity index (χ1) is 10.2. The number of rotatable bonds is 4. The zero-order valence-electron chi connectivity index (χ0n) is 13.0. The Morgan fingerprint density at radius 3 is 2.57 bits per heavy atom. The van der Waals surface area contributed by atoms with Gasteiger partial charge in [0.2, 0.25) is 5.91 Å². The highest BCUT2D eigenvalue weighted by atomic mass is 16.2. The number of carbonyl (C=O) groups excluding carboxylic acids is 1. The van der Waals surface area contributed by atoms with E-state index in [2.05, 4.69) is 14.9 Å². The van der Waals surface area contributed by atoms with Crippen LogP contribution in [0, 0.1) is 0 Å². The smallest absolute Gasteiger partial charge is 0.222 e. The van der Waals surface area contributed by atoms with Gasteiger partial charge in [-0.15, -0.1) is 0 Å². The molecule has 0 N–H and O–H groups in total. The van der Waals surface area contributed by atoms with Gasteiger partial charge in [-0.25, -0.2) is 0 Å². The van der Waals surface area contributed by atoms with E-state index in [1.54, 1.807) is 6.20 Å². The molecule has 5 nitrogen and oxygen atoms in total. The van der Waals surface area contributed by atoms with Gasteiger partial charge in [-0.1, -0.05) is 0 Å². The molecule has 3 rings (SSSR count). The summed E-state index contributed by atoms with van der Waals surface area (Å²) in [5, 5.41) is 4.15. The molecule has 1 amide bonds. The minimum atomic E-state index is 0.302. The van der Waals surface area contributed by atoms with E-state index in [9.17, 15) is 4.79 Å². The molecule has 2 saturated heterocycles. The highest BCUT2D eigenvalue weighted by Crippen LogP contribution is 2.21. The highest BCUT2D eigenvalue weighted by Gasteiger charge is 2.27. The summed E-state index contributed by atoms with van der Waals surface area (Å²) < 4.78 is 1.85. The molecule has 0 saturated carbocycles. The lowest BCUT2D eigenvalue weighted by Crippen LogP contribution is -2.45.